The molecule has 2 saturated carbocycles. The van der Waals surface area contributed by atoms with E-state index in [-0.39, 0.29) is 5.76 Å². The van der Waals surface area contributed by atoms with Crippen LogP contribution >= 0.6 is 0 Å². The van der Waals surface area contributed by atoms with Crippen LogP contribution in [-0.2, 0) is 13.0 Å². The Morgan fingerprint density at radius 3 is 2.20 bits per heavy atom. The van der Waals surface area contributed by atoms with E-state index in [1.807, 2.05) is 4.57 Å². The minimum absolute atomic E-state index is 0.249. The van der Waals surface area contributed by atoms with Crippen molar-refractivity contribution in [2.75, 3.05) is 0 Å². The fourth-order valence-corrected chi connectivity index (χ4v) is 3.90. The van der Waals surface area contributed by atoms with Gasteiger partial charge in [0, 0.05) is 13.0 Å². The summed E-state index contributed by atoms with van der Waals surface area (Å²) in [5.41, 5.74) is 0. The molecule has 2 aliphatic rings. The first-order valence-electron chi connectivity index (χ1n) is 8.38. The molecule has 0 bridgehead atoms. The molecule has 20 heavy (non-hydrogen) atoms. The lowest BCUT2D eigenvalue weighted by Gasteiger charge is -2.23. The number of nitrogens with zero attached hydrogens (tertiary/aromatic N) is 2. The number of hydrogen-bond donors (Lipinski definition) is 0. The van der Waals surface area contributed by atoms with Gasteiger partial charge in [0.15, 0.2) is 5.82 Å². The highest BCUT2D eigenvalue weighted by molar-refractivity contribution is 4.89. The smallest absolute Gasteiger partial charge is 0.296 e. The van der Waals surface area contributed by atoms with Crippen molar-refractivity contribution in [3.8, 4) is 0 Å². The van der Waals surface area contributed by atoms with Crippen molar-refractivity contribution in [3.05, 3.63) is 16.4 Å². The van der Waals surface area contributed by atoms with Gasteiger partial charge in [-0.15, -0.1) is 0 Å². The van der Waals surface area contributed by atoms with Crippen LogP contribution in [0.5, 0.6) is 0 Å². The lowest BCUT2D eigenvalue weighted by Crippen LogP contribution is -2.25. The minimum atomic E-state index is -0.249. The molecule has 4 nitrogen and oxygen atoms in total. The SMILES string of the molecule is O=c1onc(CC2CCCCC2)n1CC1CCCCC1. The first-order chi connectivity index (χ1) is 9.83. The zero-order chi connectivity index (χ0) is 13.8. The maximum Gasteiger partial charge on any atom is 0.441 e. The Labute approximate surface area is 120 Å². The molecule has 112 valence electrons. The van der Waals surface area contributed by atoms with E-state index in [0.717, 1.165) is 18.8 Å². The average molecular weight is 278 g/mol. The van der Waals surface area contributed by atoms with E-state index < -0.39 is 0 Å². The maximum atomic E-state index is 11.9. The van der Waals surface area contributed by atoms with E-state index in [4.69, 9.17) is 4.52 Å². The van der Waals surface area contributed by atoms with Gasteiger partial charge in [-0.2, -0.15) is 0 Å². The summed E-state index contributed by atoms with van der Waals surface area (Å²) in [7, 11) is 0. The van der Waals surface area contributed by atoms with Gasteiger partial charge in [-0.3, -0.25) is 9.09 Å². The van der Waals surface area contributed by atoms with Gasteiger partial charge in [0.2, 0.25) is 0 Å². The Morgan fingerprint density at radius 1 is 0.950 bits per heavy atom. The summed E-state index contributed by atoms with van der Waals surface area (Å²) in [4.78, 5) is 11.9. The maximum absolute atomic E-state index is 11.9. The summed E-state index contributed by atoms with van der Waals surface area (Å²) in [5.74, 6) is 1.99. The summed E-state index contributed by atoms with van der Waals surface area (Å²) in [5, 5.41) is 4.05. The molecule has 1 heterocycles. The van der Waals surface area contributed by atoms with Crippen LogP contribution in [0.2, 0.25) is 0 Å². The summed E-state index contributed by atoms with van der Waals surface area (Å²) in [6.45, 7) is 0.824. The molecular weight excluding hydrogens is 252 g/mol. The third kappa shape index (κ3) is 3.33. The fourth-order valence-electron chi connectivity index (χ4n) is 3.90. The summed E-state index contributed by atoms with van der Waals surface area (Å²) in [6, 6.07) is 0. The second-order valence-corrected chi connectivity index (χ2v) is 6.69. The molecule has 0 atom stereocenters. The molecule has 0 unspecified atom stereocenters. The Bertz CT molecular complexity index is 465. The highest BCUT2D eigenvalue weighted by atomic mass is 16.5. The summed E-state index contributed by atoms with van der Waals surface area (Å²) >= 11 is 0. The van der Waals surface area contributed by atoms with Crippen molar-refractivity contribution in [1.29, 1.82) is 0 Å². The van der Waals surface area contributed by atoms with Gasteiger partial charge in [0.05, 0.1) is 0 Å². The van der Waals surface area contributed by atoms with Gasteiger partial charge >= 0.3 is 5.76 Å². The molecular formula is C16H26N2O2. The highest BCUT2D eigenvalue weighted by Gasteiger charge is 2.22. The van der Waals surface area contributed by atoms with Gasteiger partial charge in [-0.25, -0.2) is 4.79 Å². The number of rotatable bonds is 4. The van der Waals surface area contributed by atoms with E-state index in [2.05, 4.69) is 5.16 Å². The summed E-state index contributed by atoms with van der Waals surface area (Å²) < 4.78 is 6.76. The molecule has 0 saturated heterocycles. The highest BCUT2D eigenvalue weighted by Crippen LogP contribution is 2.28. The number of aromatic nitrogens is 2. The number of hydrogen-bond acceptors (Lipinski definition) is 3. The Hall–Kier alpha value is -1.06. The van der Waals surface area contributed by atoms with Gasteiger partial charge in [-0.05, 0) is 24.7 Å². The van der Waals surface area contributed by atoms with E-state index in [0.29, 0.717) is 11.8 Å². The van der Waals surface area contributed by atoms with Gasteiger partial charge in [-0.1, -0.05) is 56.5 Å². The minimum Gasteiger partial charge on any atom is -0.296 e. The third-order valence-corrected chi connectivity index (χ3v) is 5.12. The van der Waals surface area contributed by atoms with Crippen molar-refractivity contribution in [2.45, 2.75) is 77.2 Å². The van der Waals surface area contributed by atoms with Crippen LogP contribution in [-0.4, -0.2) is 9.72 Å². The van der Waals surface area contributed by atoms with Gasteiger partial charge in [0.1, 0.15) is 0 Å². The average Bonchev–Trinajstić information content (AvgIpc) is 2.83. The van der Waals surface area contributed by atoms with E-state index in [1.165, 1.54) is 64.2 Å². The molecule has 0 amide bonds. The molecule has 1 aromatic heterocycles. The largest absolute Gasteiger partial charge is 0.441 e. The van der Waals surface area contributed by atoms with Crippen LogP contribution in [0.25, 0.3) is 0 Å². The van der Waals surface area contributed by atoms with E-state index in [9.17, 15) is 4.79 Å². The van der Waals surface area contributed by atoms with Gasteiger partial charge < -0.3 is 0 Å². The van der Waals surface area contributed by atoms with E-state index >= 15 is 0 Å². The Balaban J connectivity index is 1.66. The van der Waals surface area contributed by atoms with Crippen molar-refractivity contribution in [3.63, 3.8) is 0 Å². The standard InChI is InChI=1S/C16H26N2O2/c19-16-18(12-14-9-5-2-6-10-14)15(17-20-16)11-13-7-3-1-4-8-13/h13-14H,1-12H2. The first kappa shape index (κ1) is 13.9. The molecule has 0 aliphatic heterocycles. The van der Waals surface area contributed by atoms with E-state index in [1.54, 1.807) is 0 Å². The molecule has 2 fully saturated rings. The van der Waals surface area contributed by atoms with Crippen LogP contribution in [0.15, 0.2) is 9.32 Å². The predicted molar refractivity (Wildman–Crippen MR) is 77.6 cm³/mol. The predicted octanol–water partition coefficient (Wildman–Crippen LogP) is 3.54. The Kier molecular flexibility index (Phi) is 4.58. The molecule has 2 aliphatic carbocycles. The molecule has 3 rings (SSSR count). The second-order valence-electron chi connectivity index (χ2n) is 6.69. The fraction of sp³-hybridized carbons (Fsp3) is 0.875. The molecule has 0 aromatic carbocycles. The molecule has 4 heteroatoms. The van der Waals surface area contributed by atoms with Crippen LogP contribution < -0.4 is 5.76 Å². The zero-order valence-corrected chi connectivity index (χ0v) is 12.4. The quantitative estimate of drug-likeness (QED) is 0.846. The van der Waals surface area contributed by atoms with Crippen molar-refractivity contribution >= 4 is 0 Å². The van der Waals surface area contributed by atoms with Crippen molar-refractivity contribution in [2.24, 2.45) is 11.8 Å². The van der Waals surface area contributed by atoms with Crippen molar-refractivity contribution in [1.82, 2.24) is 9.72 Å². The third-order valence-electron chi connectivity index (χ3n) is 5.12. The molecule has 1 aromatic rings. The van der Waals surface area contributed by atoms with Crippen LogP contribution in [0.3, 0.4) is 0 Å². The monoisotopic (exact) mass is 278 g/mol. The topological polar surface area (TPSA) is 48.0 Å². The molecule has 0 N–H and O–H groups in total. The summed E-state index contributed by atoms with van der Waals surface area (Å²) in [6.07, 6.45) is 14.0. The van der Waals surface area contributed by atoms with Crippen LogP contribution in [0, 0.1) is 11.8 Å². The normalized spacial score (nSPS) is 22.2. The van der Waals surface area contributed by atoms with Gasteiger partial charge in [0.25, 0.3) is 0 Å². The first-order valence-corrected chi connectivity index (χ1v) is 8.38. The zero-order valence-electron chi connectivity index (χ0n) is 12.4. The molecule has 0 spiro atoms. The van der Waals surface area contributed by atoms with Crippen LogP contribution in [0.4, 0.5) is 0 Å². The second kappa shape index (κ2) is 6.59. The lowest BCUT2D eigenvalue weighted by molar-refractivity contribution is 0.300. The Morgan fingerprint density at radius 2 is 1.55 bits per heavy atom. The molecule has 0 radical (unpaired) electrons. The van der Waals surface area contributed by atoms with Crippen LogP contribution in [0.1, 0.15) is 70.0 Å². The van der Waals surface area contributed by atoms with Crippen molar-refractivity contribution < 1.29 is 4.52 Å². The lowest BCUT2D eigenvalue weighted by atomic mass is 9.86.